The molecule has 0 aliphatic heterocycles. The third-order valence-corrected chi connectivity index (χ3v) is 17.6. The number of fused-ring (bicyclic) bond motifs is 4. The Morgan fingerprint density at radius 2 is 0.574 bits per heavy atom. The third-order valence-electron chi connectivity index (χ3n) is 10.6. The van der Waals surface area contributed by atoms with Crippen LogP contribution in [0.25, 0.3) is 43.1 Å². The van der Waals surface area contributed by atoms with Gasteiger partial charge in [-0.25, -0.2) is 0 Å². The SMILES string of the molecule is [Ag+].[Au+].[C-]#Cc1cccc2cc3ccccc3cc12.[C-]#Cc1cccc2cc3ccccc3cc12.c1ccc([PH+](C[PH+](c2ccccc2)c2ccccc2)c2ccccc2)cc1. The van der Waals surface area contributed by atoms with E-state index in [0.717, 1.165) is 32.7 Å². The maximum absolute atomic E-state index is 7.28. The first kappa shape index (κ1) is 45.2. The van der Waals surface area contributed by atoms with Crippen molar-refractivity contribution in [3.8, 4) is 11.8 Å². The van der Waals surface area contributed by atoms with Gasteiger partial charge in [0, 0.05) is 0 Å². The van der Waals surface area contributed by atoms with E-state index in [1.54, 1.807) is 0 Å². The predicted octanol–water partition coefficient (Wildman–Crippen LogP) is 12.5. The van der Waals surface area contributed by atoms with Crippen LogP contribution in [0.2, 0.25) is 0 Å². The summed E-state index contributed by atoms with van der Waals surface area (Å²) in [6.45, 7) is 0. The topological polar surface area (TPSA) is 0 Å². The summed E-state index contributed by atoms with van der Waals surface area (Å²) in [5, 5.41) is 15.4. The number of hydrogen-bond donors (Lipinski definition) is 0. The van der Waals surface area contributed by atoms with E-state index in [9.17, 15) is 0 Å². The molecule has 0 saturated carbocycles. The fraction of sp³-hybridized carbons (Fsp3) is 0.0175. The van der Waals surface area contributed by atoms with E-state index in [4.69, 9.17) is 12.8 Å². The smallest absolute Gasteiger partial charge is 0.366 e. The monoisotopic (exact) mass is 1090 g/mol. The van der Waals surface area contributed by atoms with Gasteiger partial charge in [0.2, 0.25) is 0 Å². The van der Waals surface area contributed by atoms with Crippen molar-refractivity contribution in [2.24, 2.45) is 0 Å². The van der Waals surface area contributed by atoms with E-state index >= 15 is 0 Å². The number of rotatable bonds is 6. The molecule has 0 spiro atoms. The Hall–Kier alpha value is -5.30. The van der Waals surface area contributed by atoms with E-state index < -0.39 is 15.8 Å². The van der Waals surface area contributed by atoms with Crippen LogP contribution < -0.4 is 21.2 Å². The van der Waals surface area contributed by atoms with Crippen LogP contribution in [0.15, 0.2) is 231 Å². The first-order chi connectivity index (χ1) is 29.2. The Bertz CT molecular complexity index is 2760. The molecule has 0 aliphatic carbocycles. The van der Waals surface area contributed by atoms with Gasteiger partial charge < -0.3 is 12.8 Å². The normalized spacial score (nSPS) is 10.4. The molecular formula is C57H42AgAuP2+2. The maximum atomic E-state index is 7.28. The van der Waals surface area contributed by atoms with Crippen molar-refractivity contribution in [1.82, 2.24) is 0 Å². The molecule has 4 heteroatoms. The van der Waals surface area contributed by atoms with Crippen molar-refractivity contribution in [1.29, 1.82) is 0 Å². The molecule has 300 valence electrons. The zero-order valence-corrected chi connectivity index (χ0v) is 38.9. The van der Waals surface area contributed by atoms with Gasteiger partial charge in [-0.3, -0.25) is 11.8 Å². The molecule has 10 rings (SSSR count). The van der Waals surface area contributed by atoms with E-state index in [1.165, 1.54) is 48.7 Å². The van der Waals surface area contributed by atoms with Gasteiger partial charge in [0.05, 0.1) is 0 Å². The molecule has 10 aromatic carbocycles. The Morgan fingerprint density at radius 3 is 0.869 bits per heavy atom. The van der Waals surface area contributed by atoms with Gasteiger partial charge in [-0.1, -0.05) is 168 Å². The minimum absolute atomic E-state index is 0. The van der Waals surface area contributed by atoms with Gasteiger partial charge in [0.25, 0.3) is 0 Å². The molecule has 0 N–H and O–H groups in total. The standard InChI is InChI=1S/C25H22P2.2C16H9.Ag.Au/c1-5-13-22(14-6-1)26(23-15-7-2-8-16-23)21-27(24-17-9-3-10-18-24)25-19-11-4-12-20-25;2*1-2-12-8-5-9-15-10-13-6-3-4-7-14(13)11-16(12)15;;/h1-20H,21H2;2*3-11H;;/q;2*-1;2*+1/p+2. The molecule has 61 heavy (non-hydrogen) atoms. The Balaban J connectivity index is 0.000000159. The van der Waals surface area contributed by atoms with Gasteiger partial charge in [-0.05, 0) is 93.0 Å². The van der Waals surface area contributed by atoms with Gasteiger partial charge in [-0.2, -0.15) is 0 Å². The predicted molar refractivity (Wildman–Crippen MR) is 261 cm³/mol. The fourth-order valence-electron chi connectivity index (χ4n) is 7.63. The van der Waals surface area contributed by atoms with Crippen LogP contribution in [0.4, 0.5) is 0 Å². The quantitative estimate of drug-likeness (QED) is 0.0512. The average molecular weight is 1090 g/mol. The summed E-state index contributed by atoms with van der Waals surface area (Å²) in [5.74, 6) is 6.22. The van der Waals surface area contributed by atoms with Gasteiger partial charge in [-0.15, -0.1) is 23.3 Å². The Kier molecular flexibility index (Phi) is 16.7. The van der Waals surface area contributed by atoms with Crippen LogP contribution in [0.5, 0.6) is 0 Å². The van der Waals surface area contributed by atoms with Gasteiger partial charge in [0.1, 0.15) is 37.1 Å². The largest absolute Gasteiger partial charge is 1.00 e. The van der Waals surface area contributed by atoms with Crippen molar-refractivity contribution in [3.63, 3.8) is 0 Å². The van der Waals surface area contributed by atoms with Crippen molar-refractivity contribution in [3.05, 3.63) is 254 Å². The van der Waals surface area contributed by atoms with Crippen molar-refractivity contribution in [2.45, 2.75) is 0 Å². The number of hydrogen-bond acceptors (Lipinski definition) is 0. The van der Waals surface area contributed by atoms with Crippen LogP contribution in [0.3, 0.4) is 0 Å². The van der Waals surface area contributed by atoms with Gasteiger partial charge >= 0.3 is 44.8 Å². The minimum atomic E-state index is -0.847. The number of benzene rings is 10. The summed E-state index contributed by atoms with van der Waals surface area (Å²) in [6, 6.07) is 81.5. The van der Waals surface area contributed by atoms with E-state index in [-0.39, 0.29) is 44.8 Å². The molecule has 0 heterocycles. The van der Waals surface area contributed by atoms with E-state index in [1.807, 2.05) is 48.5 Å². The summed E-state index contributed by atoms with van der Waals surface area (Å²) in [5.41, 5.74) is 1.70. The molecule has 0 saturated heterocycles. The van der Waals surface area contributed by atoms with Crippen molar-refractivity contribution < 1.29 is 44.8 Å². The van der Waals surface area contributed by atoms with E-state index in [2.05, 4.69) is 194 Å². The van der Waals surface area contributed by atoms with Crippen LogP contribution in [0.1, 0.15) is 11.1 Å². The summed E-state index contributed by atoms with van der Waals surface area (Å²) in [6.07, 6.45) is 14.6. The molecule has 10 aromatic rings. The third kappa shape index (κ3) is 11.2. The summed E-state index contributed by atoms with van der Waals surface area (Å²) in [7, 11) is -1.69. The van der Waals surface area contributed by atoms with Crippen molar-refractivity contribution >= 4 is 80.2 Å². The van der Waals surface area contributed by atoms with Crippen molar-refractivity contribution in [2.75, 3.05) is 5.90 Å². The molecule has 0 nitrogen and oxygen atoms in total. The first-order valence-electron chi connectivity index (χ1n) is 19.8. The van der Waals surface area contributed by atoms with Crippen LogP contribution in [0, 0.1) is 24.7 Å². The maximum Gasteiger partial charge on any atom is 1.00 e. The molecule has 0 aliphatic rings. The summed E-state index contributed by atoms with van der Waals surface area (Å²) >= 11 is 0. The fourth-order valence-corrected chi connectivity index (χ4v) is 15.4. The average Bonchev–Trinajstić information content (AvgIpc) is 3.31. The Morgan fingerprint density at radius 1 is 0.311 bits per heavy atom. The first-order valence-corrected chi connectivity index (χ1v) is 23.2. The van der Waals surface area contributed by atoms with Crippen LogP contribution >= 0.6 is 15.8 Å². The second kappa shape index (κ2) is 22.5. The molecule has 0 fully saturated rings. The zero-order chi connectivity index (χ0) is 40.2. The van der Waals surface area contributed by atoms with Gasteiger partial charge in [0.15, 0.2) is 5.90 Å². The molecule has 0 aromatic heterocycles. The molecule has 0 bridgehead atoms. The van der Waals surface area contributed by atoms with Crippen LogP contribution in [-0.4, -0.2) is 5.90 Å². The minimum Gasteiger partial charge on any atom is -0.366 e. The summed E-state index contributed by atoms with van der Waals surface area (Å²) in [4.78, 5) is 0. The molecular weight excluding hydrogens is 1050 g/mol. The van der Waals surface area contributed by atoms with Crippen LogP contribution in [-0.2, 0) is 44.8 Å². The summed E-state index contributed by atoms with van der Waals surface area (Å²) < 4.78 is 0. The molecule has 0 unspecified atom stereocenters. The van der Waals surface area contributed by atoms with E-state index in [0.29, 0.717) is 0 Å². The molecule has 0 radical (unpaired) electrons. The Labute approximate surface area is 394 Å². The zero-order valence-electron chi connectivity index (χ0n) is 33.2. The second-order valence-corrected chi connectivity index (χ2v) is 19.9. The second-order valence-electron chi connectivity index (χ2n) is 14.3. The molecule has 0 atom stereocenters. The molecule has 0 amide bonds.